The maximum Gasteiger partial charge on any atom is 0.127 e. The van der Waals surface area contributed by atoms with Gasteiger partial charge in [-0.2, -0.15) is 5.10 Å². The van der Waals surface area contributed by atoms with Crippen LogP contribution in [0, 0.1) is 11.6 Å². The molecule has 1 aliphatic heterocycles. The first-order chi connectivity index (χ1) is 12.2. The summed E-state index contributed by atoms with van der Waals surface area (Å²) in [7, 11) is 0. The van der Waals surface area contributed by atoms with Gasteiger partial charge in [0.2, 0.25) is 0 Å². The number of nitrogens with zero attached hydrogens (tertiary/aromatic N) is 2. The summed E-state index contributed by atoms with van der Waals surface area (Å²) in [6.07, 6.45) is 0. The zero-order valence-corrected chi connectivity index (χ0v) is 13.4. The number of para-hydroxylation sites is 1. The molecule has 3 aromatic rings. The molecule has 25 heavy (non-hydrogen) atoms. The van der Waals surface area contributed by atoms with Gasteiger partial charge in [-0.1, -0.05) is 48.5 Å². The standard InChI is InChI=1S/C21H16F2N2/c22-16-12-10-15(11-13-16)21-19(18-8-4-5-9-20(18)23)14-25(24-21)17-6-2-1-3-7-17/h1-13,19H,14H2. The van der Waals surface area contributed by atoms with E-state index in [-0.39, 0.29) is 17.6 Å². The van der Waals surface area contributed by atoms with E-state index in [2.05, 4.69) is 0 Å². The first-order valence-corrected chi connectivity index (χ1v) is 8.14. The number of rotatable bonds is 3. The van der Waals surface area contributed by atoms with Gasteiger partial charge in [0, 0.05) is 0 Å². The average molecular weight is 334 g/mol. The Morgan fingerprint density at radius 2 is 1.48 bits per heavy atom. The summed E-state index contributed by atoms with van der Waals surface area (Å²) in [4.78, 5) is 0. The molecular weight excluding hydrogens is 318 g/mol. The number of hydrogen-bond donors (Lipinski definition) is 0. The Bertz CT molecular complexity index is 905. The normalized spacial score (nSPS) is 16.8. The van der Waals surface area contributed by atoms with Crippen molar-refractivity contribution >= 4 is 11.4 Å². The van der Waals surface area contributed by atoms with Crippen molar-refractivity contribution in [3.05, 3.63) is 102 Å². The third-order valence-corrected chi connectivity index (χ3v) is 4.39. The van der Waals surface area contributed by atoms with Gasteiger partial charge in [-0.3, -0.25) is 5.01 Å². The number of benzene rings is 3. The average Bonchev–Trinajstić information content (AvgIpc) is 3.09. The smallest absolute Gasteiger partial charge is 0.127 e. The maximum absolute atomic E-state index is 14.4. The van der Waals surface area contributed by atoms with Gasteiger partial charge in [0.1, 0.15) is 11.6 Å². The maximum atomic E-state index is 14.4. The summed E-state index contributed by atoms with van der Waals surface area (Å²) in [6.45, 7) is 0.539. The Labute approximate surface area is 145 Å². The molecule has 1 aliphatic rings. The van der Waals surface area contributed by atoms with E-state index in [0.29, 0.717) is 12.1 Å². The summed E-state index contributed by atoms with van der Waals surface area (Å²) >= 11 is 0. The molecule has 0 aromatic heterocycles. The molecule has 2 nitrogen and oxygen atoms in total. The van der Waals surface area contributed by atoms with Crippen LogP contribution in [-0.2, 0) is 0 Å². The quantitative estimate of drug-likeness (QED) is 0.660. The van der Waals surface area contributed by atoms with E-state index in [1.165, 1.54) is 18.2 Å². The Morgan fingerprint density at radius 1 is 0.800 bits per heavy atom. The van der Waals surface area contributed by atoms with Crippen LogP contribution < -0.4 is 5.01 Å². The second-order valence-corrected chi connectivity index (χ2v) is 5.98. The van der Waals surface area contributed by atoms with Crippen molar-refractivity contribution in [1.82, 2.24) is 0 Å². The van der Waals surface area contributed by atoms with Gasteiger partial charge in [-0.25, -0.2) is 8.78 Å². The lowest BCUT2D eigenvalue weighted by Crippen LogP contribution is -2.19. The van der Waals surface area contributed by atoms with Crippen LogP contribution in [0.3, 0.4) is 0 Å². The van der Waals surface area contributed by atoms with Crippen LogP contribution in [0.15, 0.2) is 84.0 Å². The van der Waals surface area contributed by atoms with Crippen LogP contribution in [0.5, 0.6) is 0 Å². The van der Waals surface area contributed by atoms with Crippen LogP contribution in [0.2, 0.25) is 0 Å². The molecule has 0 saturated heterocycles. The third-order valence-electron chi connectivity index (χ3n) is 4.39. The fraction of sp³-hybridized carbons (Fsp3) is 0.0952. The highest BCUT2D eigenvalue weighted by Crippen LogP contribution is 2.33. The topological polar surface area (TPSA) is 15.6 Å². The second kappa shape index (κ2) is 6.48. The summed E-state index contributed by atoms with van der Waals surface area (Å²) in [5, 5.41) is 6.59. The molecule has 0 saturated carbocycles. The minimum Gasteiger partial charge on any atom is -0.264 e. The highest BCUT2D eigenvalue weighted by Gasteiger charge is 2.31. The molecule has 0 amide bonds. The SMILES string of the molecule is Fc1ccc(C2=NN(c3ccccc3)CC2c2ccccc2F)cc1. The highest BCUT2D eigenvalue weighted by atomic mass is 19.1. The second-order valence-electron chi connectivity index (χ2n) is 5.98. The summed E-state index contributed by atoms with van der Waals surface area (Å²) in [5.74, 6) is -0.770. The van der Waals surface area contributed by atoms with E-state index < -0.39 is 0 Å². The van der Waals surface area contributed by atoms with Crippen LogP contribution in [-0.4, -0.2) is 12.3 Å². The molecule has 1 unspecified atom stereocenters. The molecule has 1 atom stereocenters. The summed E-state index contributed by atoms with van der Waals surface area (Å²) in [5.41, 5.74) is 3.09. The Morgan fingerprint density at radius 3 is 2.20 bits per heavy atom. The first kappa shape index (κ1) is 15.5. The molecule has 0 N–H and O–H groups in total. The highest BCUT2D eigenvalue weighted by molar-refractivity contribution is 6.07. The van der Waals surface area contributed by atoms with Gasteiger partial charge in [0.15, 0.2) is 0 Å². The van der Waals surface area contributed by atoms with Gasteiger partial charge >= 0.3 is 0 Å². The van der Waals surface area contributed by atoms with Crippen molar-refractivity contribution in [2.24, 2.45) is 5.10 Å². The molecule has 3 aromatic carbocycles. The molecule has 0 spiro atoms. The third kappa shape index (κ3) is 3.03. The van der Waals surface area contributed by atoms with Gasteiger partial charge < -0.3 is 0 Å². The molecule has 4 heteroatoms. The van der Waals surface area contributed by atoms with Crippen molar-refractivity contribution in [3.63, 3.8) is 0 Å². The first-order valence-electron chi connectivity index (χ1n) is 8.14. The zero-order chi connectivity index (χ0) is 17.2. The van der Waals surface area contributed by atoms with Crippen molar-refractivity contribution in [1.29, 1.82) is 0 Å². The fourth-order valence-corrected chi connectivity index (χ4v) is 3.15. The largest absolute Gasteiger partial charge is 0.264 e. The van der Waals surface area contributed by atoms with Gasteiger partial charge in [0.25, 0.3) is 0 Å². The Balaban J connectivity index is 1.79. The lowest BCUT2D eigenvalue weighted by molar-refractivity contribution is 0.605. The number of anilines is 1. The summed E-state index contributed by atoms with van der Waals surface area (Å²) in [6, 6.07) is 22.7. The minimum absolute atomic E-state index is 0.216. The van der Waals surface area contributed by atoms with E-state index in [0.717, 1.165) is 17.0 Å². The van der Waals surface area contributed by atoms with Crippen molar-refractivity contribution in [3.8, 4) is 0 Å². The predicted octanol–water partition coefficient (Wildman–Crippen LogP) is 4.97. The molecule has 0 radical (unpaired) electrons. The van der Waals surface area contributed by atoms with Gasteiger partial charge in [0.05, 0.1) is 23.9 Å². The molecule has 0 aliphatic carbocycles. The van der Waals surface area contributed by atoms with Crippen LogP contribution >= 0.6 is 0 Å². The zero-order valence-electron chi connectivity index (χ0n) is 13.4. The lowest BCUT2D eigenvalue weighted by Gasteiger charge is -2.17. The summed E-state index contributed by atoms with van der Waals surface area (Å²) < 4.78 is 27.7. The number of hydrazone groups is 1. The van der Waals surface area contributed by atoms with Crippen LogP contribution in [0.25, 0.3) is 0 Å². The molecule has 1 heterocycles. The Hall–Kier alpha value is -3.01. The van der Waals surface area contributed by atoms with Crippen molar-refractivity contribution in [2.75, 3.05) is 11.6 Å². The van der Waals surface area contributed by atoms with Crippen LogP contribution in [0.4, 0.5) is 14.5 Å². The van der Waals surface area contributed by atoms with E-state index in [1.807, 2.05) is 41.4 Å². The van der Waals surface area contributed by atoms with Crippen LogP contribution in [0.1, 0.15) is 17.0 Å². The van der Waals surface area contributed by atoms with E-state index >= 15 is 0 Å². The lowest BCUT2D eigenvalue weighted by atomic mass is 9.90. The molecular formula is C21H16F2N2. The molecule has 4 rings (SSSR count). The predicted molar refractivity (Wildman–Crippen MR) is 95.9 cm³/mol. The number of hydrogen-bond acceptors (Lipinski definition) is 2. The van der Waals surface area contributed by atoms with E-state index in [9.17, 15) is 8.78 Å². The minimum atomic E-state index is -0.301. The van der Waals surface area contributed by atoms with E-state index in [4.69, 9.17) is 5.10 Å². The monoisotopic (exact) mass is 334 g/mol. The van der Waals surface area contributed by atoms with Gasteiger partial charge in [-0.05, 0) is 41.5 Å². The molecule has 0 fully saturated rings. The Kier molecular flexibility index (Phi) is 4.02. The fourth-order valence-electron chi connectivity index (χ4n) is 3.15. The van der Waals surface area contributed by atoms with Crippen molar-refractivity contribution in [2.45, 2.75) is 5.92 Å². The van der Waals surface area contributed by atoms with Crippen molar-refractivity contribution < 1.29 is 8.78 Å². The number of halogens is 2. The molecule has 0 bridgehead atoms. The van der Waals surface area contributed by atoms with E-state index in [1.54, 1.807) is 24.3 Å². The van der Waals surface area contributed by atoms with Gasteiger partial charge in [-0.15, -0.1) is 0 Å². The molecule has 124 valence electrons.